The van der Waals surface area contributed by atoms with Gasteiger partial charge < -0.3 is 15.0 Å². The van der Waals surface area contributed by atoms with E-state index in [2.05, 4.69) is 20.3 Å². The number of anilines is 2. The second-order valence-corrected chi connectivity index (χ2v) is 8.22. The highest BCUT2D eigenvalue weighted by Crippen LogP contribution is 2.19. The third kappa shape index (κ3) is 3.66. The summed E-state index contributed by atoms with van der Waals surface area (Å²) >= 11 is 0. The Morgan fingerprint density at radius 2 is 1.86 bits per heavy atom. The average molecular weight is 402 g/mol. The van der Waals surface area contributed by atoms with Crippen molar-refractivity contribution in [2.45, 2.75) is 5.16 Å². The Bertz CT molecular complexity index is 1120. The number of hydrogen-bond donors (Lipinski definition) is 1. The van der Waals surface area contributed by atoms with Crippen LogP contribution in [0.5, 0.6) is 0 Å². The van der Waals surface area contributed by atoms with Gasteiger partial charge in [0, 0.05) is 43.0 Å². The molecule has 0 unspecified atom stereocenters. The number of carbonyl (C=O) groups is 1. The van der Waals surface area contributed by atoms with E-state index in [0.717, 1.165) is 6.26 Å². The van der Waals surface area contributed by atoms with Crippen molar-refractivity contribution in [3.63, 3.8) is 0 Å². The molecule has 0 atom stereocenters. The zero-order valence-corrected chi connectivity index (χ0v) is 15.9. The molecule has 11 heteroatoms. The minimum Gasteiger partial charge on any atom is -0.378 e. The maximum atomic E-state index is 12.5. The van der Waals surface area contributed by atoms with E-state index in [1.165, 1.54) is 6.20 Å². The summed E-state index contributed by atoms with van der Waals surface area (Å²) in [4.78, 5) is 26.3. The minimum atomic E-state index is -3.59. The highest BCUT2D eigenvalue weighted by atomic mass is 32.2. The number of fused-ring (bicyclic) bond motifs is 1. The molecule has 1 N–H and O–H groups in total. The Morgan fingerprint density at radius 1 is 1.14 bits per heavy atom. The van der Waals surface area contributed by atoms with E-state index in [9.17, 15) is 13.2 Å². The van der Waals surface area contributed by atoms with Crippen LogP contribution in [0.4, 0.5) is 11.6 Å². The summed E-state index contributed by atoms with van der Waals surface area (Å²) in [5.74, 6) is 0.431. The molecular weight excluding hydrogens is 384 g/mol. The van der Waals surface area contributed by atoms with Crippen molar-refractivity contribution >= 4 is 33.2 Å². The molecule has 1 aliphatic rings. The lowest BCUT2D eigenvalue weighted by atomic mass is 10.1. The summed E-state index contributed by atoms with van der Waals surface area (Å²) < 4.78 is 30.5. The topological polar surface area (TPSA) is 119 Å². The first-order chi connectivity index (χ1) is 13.4. The molecule has 0 aliphatic carbocycles. The van der Waals surface area contributed by atoms with Crippen LogP contribution in [-0.4, -0.2) is 71.1 Å². The summed E-state index contributed by atoms with van der Waals surface area (Å²) in [7, 11) is -3.59. The number of ether oxygens (including phenoxy) is 1. The van der Waals surface area contributed by atoms with E-state index in [0.29, 0.717) is 37.6 Å². The highest BCUT2D eigenvalue weighted by Gasteiger charge is 2.19. The van der Waals surface area contributed by atoms with Gasteiger partial charge in [-0.25, -0.2) is 13.4 Å². The lowest BCUT2D eigenvalue weighted by Crippen LogP contribution is -2.40. The summed E-state index contributed by atoms with van der Waals surface area (Å²) in [5, 5.41) is 2.74. The van der Waals surface area contributed by atoms with Gasteiger partial charge in [-0.2, -0.15) is 9.97 Å². The standard InChI is InChI=1S/C17H18N6O4S/c1-28(25,26)17-20-15-18-6-7-23(15)16(21-17)19-13-4-2-12(3-5-13)14(24)22-8-10-27-11-9-22/h2-7H,8-11H2,1H3,(H,18,19,20,21). The monoisotopic (exact) mass is 402 g/mol. The molecule has 10 nitrogen and oxygen atoms in total. The van der Waals surface area contributed by atoms with Gasteiger partial charge in [0.05, 0.1) is 13.2 Å². The molecule has 2 aromatic heterocycles. The van der Waals surface area contributed by atoms with Crippen molar-refractivity contribution < 1.29 is 17.9 Å². The van der Waals surface area contributed by atoms with Gasteiger partial charge in [-0.3, -0.25) is 9.20 Å². The fourth-order valence-electron chi connectivity index (χ4n) is 2.83. The summed E-state index contributed by atoms with van der Waals surface area (Å²) in [6.07, 6.45) is 4.17. The molecule has 0 radical (unpaired) electrons. The highest BCUT2D eigenvalue weighted by molar-refractivity contribution is 7.90. The number of carbonyl (C=O) groups excluding carboxylic acids is 1. The molecule has 0 spiro atoms. The average Bonchev–Trinajstić information content (AvgIpc) is 3.17. The van der Waals surface area contributed by atoms with Crippen molar-refractivity contribution in [1.82, 2.24) is 24.3 Å². The second kappa shape index (κ2) is 7.17. The molecule has 28 heavy (non-hydrogen) atoms. The third-order valence-electron chi connectivity index (χ3n) is 4.26. The Kier molecular flexibility index (Phi) is 4.69. The van der Waals surface area contributed by atoms with Gasteiger partial charge in [0.1, 0.15) is 0 Å². The Morgan fingerprint density at radius 3 is 2.54 bits per heavy atom. The fraction of sp³-hybridized carbons (Fsp3) is 0.294. The van der Waals surface area contributed by atoms with Crippen LogP contribution < -0.4 is 5.32 Å². The molecule has 0 bridgehead atoms. The quantitative estimate of drug-likeness (QED) is 0.679. The van der Waals surface area contributed by atoms with Crippen LogP contribution in [0, 0.1) is 0 Å². The smallest absolute Gasteiger partial charge is 0.254 e. The van der Waals surface area contributed by atoms with Gasteiger partial charge in [0.25, 0.3) is 11.1 Å². The molecule has 3 heterocycles. The summed E-state index contributed by atoms with van der Waals surface area (Å²) in [6, 6.07) is 6.89. The van der Waals surface area contributed by atoms with Crippen LogP contribution >= 0.6 is 0 Å². The van der Waals surface area contributed by atoms with Crippen LogP contribution in [0.2, 0.25) is 0 Å². The van der Waals surface area contributed by atoms with E-state index in [4.69, 9.17) is 4.74 Å². The maximum absolute atomic E-state index is 12.5. The van der Waals surface area contributed by atoms with Gasteiger partial charge in [0.15, 0.2) is 0 Å². The van der Waals surface area contributed by atoms with E-state index in [1.54, 1.807) is 39.8 Å². The van der Waals surface area contributed by atoms with Crippen molar-refractivity contribution in [2.75, 3.05) is 37.9 Å². The van der Waals surface area contributed by atoms with Crippen LogP contribution in [0.15, 0.2) is 41.8 Å². The lowest BCUT2D eigenvalue weighted by Gasteiger charge is -2.26. The van der Waals surface area contributed by atoms with Crippen LogP contribution in [0.3, 0.4) is 0 Å². The molecule has 1 amide bonds. The van der Waals surface area contributed by atoms with E-state index in [1.807, 2.05) is 0 Å². The molecule has 1 saturated heterocycles. The number of amides is 1. The number of aromatic nitrogens is 4. The summed E-state index contributed by atoms with van der Waals surface area (Å²) in [5.41, 5.74) is 1.21. The van der Waals surface area contributed by atoms with Gasteiger partial charge >= 0.3 is 0 Å². The van der Waals surface area contributed by atoms with E-state index >= 15 is 0 Å². The van der Waals surface area contributed by atoms with Crippen LogP contribution in [0.25, 0.3) is 5.78 Å². The molecule has 1 aliphatic heterocycles. The summed E-state index contributed by atoms with van der Waals surface area (Å²) in [6.45, 7) is 2.24. The van der Waals surface area contributed by atoms with E-state index < -0.39 is 9.84 Å². The first-order valence-electron chi connectivity index (χ1n) is 8.57. The molecule has 1 fully saturated rings. The predicted octanol–water partition coefficient (Wildman–Crippen LogP) is 0.744. The van der Waals surface area contributed by atoms with Crippen molar-refractivity contribution in [1.29, 1.82) is 0 Å². The normalized spacial score (nSPS) is 15.0. The van der Waals surface area contributed by atoms with Gasteiger partial charge in [0.2, 0.25) is 21.6 Å². The molecule has 4 rings (SSSR count). The number of hydrogen-bond acceptors (Lipinski definition) is 8. The van der Waals surface area contributed by atoms with E-state index in [-0.39, 0.29) is 22.8 Å². The third-order valence-corrected chi connectivity index (χ3v) is 5.11. The number of imidazole rings is 1. The maximum Gasteiger partial charge on any atom is 0.254 e. The zero-order valence-electron chi connectivity index (χ0n) is 15.1. The molecule has 1 aromatic carbocycles. The molecular formula is C17H18N6O4S. The van der Waals surface area contributed by atoms with Crippen molar-refractivity contribution in [3.8, 4) is 0 Å². The fourth-order valence-corrected chi connectivity index (χ4v) is 3.33. The largest absolute Gasteiger partial charge is 0.378 e. The number of rotatable bonds is 4. The first kappa shape index (κ1) is 18.3. The Balaban J connectivity index is 1.59. The minimum absolute atomic E-state index is 0.0479. The number of sulfone groups is 1. The number of morpholine rings is 1. The van der Waals surface area contributed by atoms with Crippen LogP contribution in [-0.2, 0) is 14.6 Å². The van der Waals surface area contributed by atoms with Gasteiger partial charge in [-0.05, 0) is 24.3 Å². The number of nitrogens with one attached hydrogen (secondary N) is 1. The SMILES string of the molecule is CS(=O)(=O)c1nc(Nc2ccc(C(=O)N3CCOCC3)cc2)n2ccnc2n1. The Labute approximate surface area is 161 Å². The Hall–Kier alpha value is -3.05. The molecule has 0 saturated carbocycles. The predicted molar refractivity (Wildman–Crippen MR) is 100 cm³/mol. The number of benzene rings is 1. The molecule has 3 aromatic rings. The first-order valence-corrected chi connectivity index (χ1v) is 10.5. The molecule has 146 valence electrons. The number of nitrogens with zero attached hydrogens (tertiary/aromatic N) is 5. The van der Waals surface area contributed by atoms with Gasteiger partial charge in [-0.1, -0.05) is 0 Å². The second-order valence-electron chi connectivity index (χ2n) is 6.31. The zero-order chi connectivity index (χ0) is 19.7. The van der Waals surface area contributed by atoms with Gasteiger partial charge in [-0.15, -0.1) is 0 Å². The lowest BCUT2D eigenvalue weighted by molar-refractivity contribution is 0.0303. The van der Waals surface area contributed by atoms with Crippen molar-refractivity contribution in [3.05, 3.63) is 42.2 Å². The van der Waals surface area contributed by atoms with Crippen molar-refractivity contribution in [2.24, 2.45) is 0 Å². The van der Waals surface area contributed by atoms with Crippen LogP contribution in [0.1, 0.15) is 10.4 Å².